The molecular weight excluding hydrogens is 552 g/mol. The molecule has 0 atom stereocenters. The number of aryl methyl sites for hydroxylation is 1. The number of nitrogens with one attached hydrogen (secondary N) is 1. The van der Waals surface area contributed by atoms with Gasteiger partial charge in [-0.3, -0.25) is 14.2 Å². The Morgan fingerprint density at radius 3 is 2.10 bits per heavy atom. The normalized spacial score (nSPS) is 14.1. The van der Waals surface area contributed by atoms with E-state index in [1.165, 1.54) is 34.9 Å². The molecule has 1 amide bonds. The summed E-state index contributed by atoms with van der Waals surface area (Å²) in [7, 11) is -4.00. The van der Waals surface area contributed by atoms with E-state index in [2.05, 4.69) is 10.3 Å². The summed E-state index contributed by atoms with van der Waals surface area (Å²) >= 11 is 0. The summed E-state index contributed by atoms with van der Waals surface area (Å²) in [5.41, 5.74) is 1.32. The van der Waals surface area contributed by atoms with Crippen molar-refractivity contribution in [3.8, 4) is 0 Å². The molecule has 2 aromatic heterocycles. The van der Waals surface area contributed by atoms with Gasteiger partial charge in [-0.1, -0.05) is 55.7 Å². The number of furan rings is 1. The van der Waals surface area contributed by atoms with Gasteiger partial charge in [-0.2, -0.15) is 0 Å². The zero-order valence-electron chi connectivity index (χ0n) is 23.1. The van der Waals surface area contributed by atoms with Gasteiger partial charge in [0.25, 0.3) is 21.5 Å². The fourth-order valence-corrected chi connectivity index (χ4v) is 7.06. The molecule has 1 fully saturated rings. The number of aromatic nitrogens is 2. The molecule has 3 aromatic carbocycles. The monoisotopic (exact) mass is 582 g/mol. The number of anilines is 3. The van der Waals surface area contributed by atoms with Gasteiger partial charge in [0, 0.05) is 11.7 Å². The first-order valence-corrected chi connectivity index (χ1v) is 15.4. The van der Waals surface area contributed by atoms with Gasteiger partial charge in [-0.05, 0) is 68.3 Å². The highest BCUT2D eigenvalue weighted by molar-refractivity contribution is 7.93. The second-order valence-corrected chi connectivity index (χ2v) is 12.2. The Balaban J connectivity index is 1.29. The highest BCUT2D eigenvalue weighted by Crippen LogP contribution is 2.33. The lowest BCUT2D eigenvalue weighted by molar-refractivity contribution is 0.102. The molecule has 5 aromatic rings. The van der Waals surface area contributed by atoms with E-state index < -0.39 is 15.9 Å². The van der Waals surface area contributed by atoms with Crippen LogP contribution in [0.4, 0.5) is 17.1 Å². The standard InChI is InChI=1S/C32H30N4O5S/c1-22-28(29-31(41-22)33-21-35(32(29)38)24-11-5-2-6-12-24)30(37)34-23-17-19-27(20-18-23)42(39,40)36(25-13-7-3-8-14-25)26-15-9-4-10-16-26/h3-4,7-10,13-21,24H,2,5-6,11-12H2,1H3,(H,34,37). The van der Waals surface area contributed by atoms with Crippen molar-refractivity contribution >= 4 is 44.1 Å². The molecule has 2 heterocycles. The Morgan fingerprint density at radius 2 is 1.50 bits per heavy atom. The molecule has 0 unspecified atom stereocenters. The van der Waals surface area contributed by atoms with Gasteiger partial charge < -0.3 is 9.73 Å². The van der Waals surface area contributed by atoms with Gasteiger partial charge in [0.15, 0.2) is 0 Å². The van der Waals surface area contributed by atoms with Crippen LogP contribution in [-0.2, 0) is 10.0 Å². The van der Waals surface area contributed by atoms with Crippen molar-refractivity contribution in [3.63, 3.8) is 0 Å². The van der Waals surface area contributed by atoms with Crippen molar-refractivity contribution < 1.29 is 17.6 Å². The minimum Gasteiger partial charge on any atom is -0.442 e. The van der Waals surface area contributed by atoms with Gasteiger partial charge in [0.1, 0.15) is 17.5 Å². The third-order valence-electron chi connectivity index (χ3n) is 7.64. The van der Waals surface area contributed by atoms with Crippen LogP contribution >= 0.6 is 0 Å². The Morgan fingerprint density at radius 1 is 0.905 bits per heavy atom. The smallest absolute Gasteiger partial charge is 0.268 e. The Hall–Kier alpha value is -4.70. The Bertz CT molecular complexity index is 1850. The minimum atomic E-state index is -4.00. The average molecular weight is 583 g/mol. The van der Waals surface area contributed by atoms with Gasteiger partial charge in [-0.25, -0.2) is 17.7 Å². The SMILES string of the molecule is Cc1oc2ncn(C3CCCCC3)c(=O)c2c1C(=O)Nc1ccc(S(=O)(=O)N(c2ccccc2)c2ccccc2)cc1. The van der Waals surface area contributed by atoms with E-state index in [1.807, 2.05) is 12.1 Å². The lowest BCUT2D eigenvalue weighted by Crippen LogP contribution is -2.27. The predicted octanol–water partition coefficient (Wildman–Crippen LogP) is 6.58. The number of hydrogen-bond donors (Lipinski definition) is 1. The zero-order valence-corrected chi connectivity index (χ0v) is 23.9. The molecule has 214 valence electrons. The maximum Gasteiger partial charge on any atom is 0.268 e. The number of amides is 1. The van der Waals surface area contributed by atoms with Gasteiger partial charge in [0.2, 0.25) is 5.71 Å². The number of carbonyl (C=O) groups excluding carboxylic acids is 1. The number of carbonyl (C=O) groups is 1. The molecule has 0 radical (unpaired) electrons. The molecule has 0 bridgehead atoms. The third-order valence-corrected chi connectivity index (χ3v) is 9.41. The maximum absolute atomic E-state index is 13.8. The van der Waals surface area contributed by atoms with Crippen molar-refractivity contribution in [2.45, 2.75) is 50.0 Å². The number of fused-ring (bicyclic) bond motifs is 1. The van der Waals surface area contributed by atoms with Crippen molar-refractivity contribution in [3.05, 3.63) is 113 Å². The number of para-hydroxylation sites is 2. The fraction of sp³-hybridized carbons (Fsp3) is 0.219. The van der Waals surface area contributed by atoms with E-state index in [-0.39, 0.29) is 38.9 Å². The Labute approximate surface area is 243 Å². The molecule has 1 saturated carbocycles. The van der Waals surface area contributed by atoms with Crippen molar-refractivity contribution in [1.29, 1.82) is 0 Å². The predicted molar refractivity (Wildman–Crippen MR) is 162 cm³/mol. The van der Waals surface area contributed by atoms with Crippen LogP contribution in [0.1, 0.15) is 54.3 Å². The molecule has 0 aliphatic heterocycles. The molecule has 1 aliphatic carbocycles. The lowest BCUT2D eigenvalue weighted by Gasteiger charge is -2.24. The topological polar surface area (TPSA) is 115 Å². The maximum atomic E-state index is 13.8. The number of rotatable bonds is 7. The molecular formula is C32H30N4O5S. The first-order valence-electron chi connectivity index (χ1n) is 13.9. The number of hydrogen-bond acceptors (Lipinski definition) is 6. The summed E-state index contributed by atoms with van der Waals surface area (Å²) in [6.45, 7) is 1.62. The summed E-state index contributed by atoms with van der Waals surface area (Å²) in [4.78, 5) is 31.3. The lowest BCUT2D eigenvalue weighted by atomic mass is 9.95. The average Bonchev–Trinajstić information content (AvgIpc) is 3.36. The van der Waals surface area contributed by atoms with E-state index in [9.17, 15) is 18.0 Å². The number of benzene rings is 3. The van der Waals surface area contributed by atoms with Crippen LogP contribution < -0.4 is 15.2 Å². The van der Waals surface area contributed by atoms with Crippen LogP contribution in [0.3, 0.4) is 0 Å². The summed E-state index contributed by atoms with van der Waals surface area (Å²) in [5.74, 6) is -0.244. The molecule has 10 heteroatoms. The fourth-order valence-electron chi connectivity index (χ4n) is 5.57. The van der Waals surface area contributed by atoms with Crippen LogP contribution in [0, 0.1) is 6.92 Å². The van der Waals surface area contributed by atoms with E-state index >= 15 is 0 Å². The second-order valence-electron chi connectivity index (χ2n) is 10.4. The summed E-state index contributed by atoms with van der Waals surface area (Å²) in [6, 6.07) is 23.7. The molecule has 42 heavy (non-hydrogen) atoms. The van der Waals surface area contributed by atoms with Crippen LogP contribution in [-0.4, -0.2) is 23.9 Å². The molecule has 0 saturated heterocycles. The van der Waals surface area contributed by atoms with E-state index in [0.29, 0.717) is 17.1 Å². The largest absolute Gasteiger partial charge is 0.442 e. The minimum absolute atomic E-state index is 0.0510. The molecule has 9 nitrogen and oxygen atoms in total. The Kier molecular flexibility index (Phi) is 7.38. The van der Waals surface area contributed by atoms with Crippen LogP contribution in [0.15, 0.2) is 105 Å². The van der Waals surface area contributed by atoms with Crippen LogP contribution in [0.2, 0.25) is 0 Å². The van der Waals surface area contributed by atoms with Crippen LogP contribution in [0.25, 0.3) is 11.1 Å². The van der Waals surface area contributed by atoms with E-state index in [1.54, 1.807) is 60.0 Å². The molecule has 0 spiro atoms. The molecule has 1 aliphatic rings. The molecule has 6 rings (SSSR count). The van der Waals surface area contributed by atoms with Crippen LogP contribution in [0.5, 0.6) is 0 Å². The van der Waals surface area contributed by atoms with Crippen molar-refractivity contribution in [2.75, 3.05) is 9.62 Å². The summed E-state index contributed by atoms with van der Waals surface area (Å²) < 4.78 is 36.2. The van der Waals surface area contributed by atoms with Crippen molar-refractivity contribution in [1.82, 2.24) is 9.55 Å². The van der Waals surface area contributed by atoms with Gasteiger partial charge in [-0.15, -0.1) is 0 Å². The molecule has 1 N–H and O–H groups in total. The summed E-state index contributed by atoms with van der Waals surface area (Å²) in [6.07, 6.45) is 6.55. The first kappa shape index (κ1) is 27.5. The zero-order chi connectivity index (χ0) is 29.3. The van der Waals surface area contributed by atoms with Gasteiger partial charge in [0.05, 0.1) is 21.8 Å². The number of nitrogens with zero attached hydrogens (tertiary/aromatic N) is 3. The van der Waals surface area contributed by atoms with E-state index in [4.69, 9.17) is 4.42 Å². The quantitative estimate of drug-likeness (QED) is 0.232. The third kappa shape index (κ3) is 5.09. The highest BCUT2D eigenvalue weighted by atomic mass is 32.2. The number of sulfonamides is 1. The summed E-state index contributed by atoms with van der Waals surface area (Å²) in [5, 5.41) is 2.94. The second kappa shape index (κ2) is 11.3. The van der Waals surface area contributed by atoms with Crippen molar-refractivity contribution in [2.24, 2.45) is 0 Å². The highest BCUT2D eigenvalue weighted by Gasteiger charge is 2.28. The van der Waals surface area contributed by atoms with E-state index in [0.717, 1.165) is 32.1 Å². The first-order chi connectivity index (χ1) is 20.3. The van der Waals surface area contributed by atoms with Gasteiger partial charge >= 0.3 is 0 Å².